The number of hydrogen-bond acceptors (Lipinski definition) is 3. The van der Waals surface area contributed by atoms with Gasteiger partial charge in [-0.2, -0.15) is 0 Å². The van der Waals surface area contributed by atoms with Crippen molar-refractivity contribution >= 4 is 17.3 Å². The molecule has 0 bridgehead atoms. The van der Waals surface area contributed by atoms with E-state index in [9.17, 15) is 9.59 Å². The summed E-state index contributed by atoms with van der Waals surface area (Å²) in [7, 11) is 1.53. The molecule has 2 fully saturated rings. The SMILES string of the molecule is COC(=O)[C@]1(C)CCC[C@@]2(C)[C@H]1CCC1=CC(=O)C(C)C[C@@]12CC=C(c1ccccc1)c1ccccc1. The molecule has 0 spiro atoms. The normalized spacial score (nSPS) is 33.0. The van der Waals surface area contributed by atoms with Gasteiger partial charge in [-0.15, -0.1) is 0 Å². The van der Waals surface area contributed by atoms with Gasteiger partial charge in [0.1, 0.15) is 0 Å². The highest BCUT2D eigenvalue weighted by Gasteiger charge is 2.64. The largest absolute Gasteiger partial charge is 0.469 e. The van der Waals surface area contributed by atoms with Crippen molar-refractivity contribution in [1.82, 2.24) is 0 Å². The van der Waals surface area contributed by atoms with E-state index in [2.05, 4.69) is 87.5 Å². The summed E-state index contributed by atoms with van der Waals surface area (Å²) >= 11 is 0. The number of fused-ring (bicyclic) bond motifs is 3. The Morgan fingerprint density at radius 2 is 1.62 bits per heavy atom. The van der Waals surface area contributed by atoms with Gasteiger partial charge in [-0.05, 0) is 79.6 Å². The molecular formula is C34H40O3. The highest BCUT2D eigenvalue weighted by atomic mass is 16.5. The van der Waals surface area contributed by atoms with Crippen LogP contribution >= 0.6 is 0 Å². The van der Waals surface area contributed by atoms with Crippen LogP contribution in [-0.4, -0.2) is 18.9 Å². The number of allylic oxidation sites excluding steroid dienone is 3. The standard InChI is InChI=1S/C34H40O3/c1-24-23-34(21-18-28(25-12-7-5-8-13-25)26-14-9-6-10-15-26)27(22-29(24)35)16-17-30-32(2,31(36)37-4)19-11-20-33(30,34)3/h5-10,12-15,18,22,24,30H,11,16-17,19-21,23H2,1-4H3/t24?,30-,32+,33-,34-/m0/s1. The Labute approximate surface area is 222 Å². The van der Waals surface area contributed by atoms with Gasteiger partial charge < -0.3 is 4.74 Å². The third kappa shape index (κ3) is 4.11. The zero-order valence-corrected chi connectivity index (χ0v) is 22.8. The van der Waals surface area contributed by atoms with Crippen LogP contribution in [0.2, 0.25) is 0 Å². The van der Waals surface area contributed by atoms with Crippen LogP contribution in [-0.2, 0) is 14.3 Å². The molecule has 0 radical (unpaired) electrons. The Morgan fingerprint density at radius 1 is 1.00 bits per heavy atom. The third-order valence-electron chi connectivity index (χ3n) is 10.3. The first-order chi connectivity index (χ1) is 17.7. The molecule has 3 nitrogen and oxygen atoms in total. The van der Waals surface area contributed by atoms with Crippen molar-refractivity contribution in [2.24, 2.45) is 28.1 Å². The van der Waals surface area contributed by atoms with Gasteiger partial charge in [0.2, 0.25) is 0 Å². The maximum absolute atomic E-state index is 13.2. The predicted molar refractivity (Wildman–Crippen MR) is 149 cm³/mol. The minimum absolute atomic E-state index is 0.0177. The van der Waals surface area contributed by atoms with Crippen LogP contribution in [0.5, 0.6) is 0 Å². The van der Waals surface area contributed by atoms with Gasteiger partial charge in [0.15, 0.2) is 5.78 Å². The highest BCUT2D eigenvalue weighted by Crippen LogP contribution is 2.70. The molecule has 5 rings (SSSR count). The fourth-order valence-corrected chi connectivity index (χ4v) is 8.34. The molecular weight excluding hydrogens is 456 g/mol. The van der Waals surface area contributed by atoms with E-state index < -0.39 is 5.41 Å². The van der Waals surface area contributed by atoms with Gasteiger partial charge in [0.05, 0.1) is 12.5 Å². The summed E-state index contributed by atoms with van der Waals surface area (Å²) in [5, 5.41) is 0. The van der Waals surface area contributed by atoms with Crippen molar-refractivity contribution in [2.75, 3.05) is 7.11 Å². The van der Waals surface area contributed by atoms with E-state index in [-0.39, 0.29) is 34.4 Å². The summed E-state index contributed by atoms with van der Waals surface area (Å²) < 4.78 is 5.39. The molecule has 3 heteroatoms. The second-order valence-corrected chi connectivity index (χ2v) is 12.1. The Bertz CT molecular complexity index is 1180. The van der Waals surface area contributed by atoms with Gasteiger partial charge in [-0.1, -0.05) is 92.6 Å². The summed E-state index contributed by atoms with van der Waals surface area (Å²) in [6.45, 7) is 6.65. The Hall–Kier alpha value is -2.94. The fourth-order valence-electron chi connectivity index (χ4n) is 8.34. The van der Waals surface area contributed by atoms with Crippen molar-refractivity contribution in [2.45, 2.75) is 65.7 Å². The van der Waals surface area contributed by atoms with E-state index in [1.54, 1.807) is 0 Å². The number of ketones is 1. The topological polar surface area (TPSA) is 43.4 Å². The minimum Gasteiger partial charge on any atom is -0.469 e. The highest BCUT2D eigenvalue weighted by molar-refractivity contribution is 5.93. The molecule has 0 amide bonds. The van der Waals surface area contributed by atoms with Gasteiger partial charge in [0, 0.05) is 11.3 Å². The number of rotatable bonds is 5. The molecule has 2 aromatic carbocycles. The first-order valence-electron chi connectivity index (χ1n) is 13.9. The average molecular weight is 497 g/mol. The zero-order valence-electron chi connectivity index (χ0n) is 22.8. The number of ether oxygens (including phenoxy) is 1. The fraction of sp³-hybridized carbons (Fsp3) is 0.471. The van der Waals surface area contributed by atoms with Crippen LogP contribution < -0.4 is 0 Å². The van der Waals surface area contributed by atoms with E-state index in [4.69, 9.17) is 4.74 Å². The van der Waals surface area contributed by atoms with Crippen LogP contribution in [0.3, 0.4) is 0 Å². The molecule has 194 valence electrons. The number of carbonyl (C=O) groups excluding carboxylic acids is 2. The van der Waals surface area contributed by atoms with E-state index in [0.717, 1.165) is 44.9 Å². The summed E-state index contributed by atoms with van der Waals surface area (Å²) in [5.74, 6) is 0.394. The van der Waals surface area contributed by atoms with E-state index in [1.165, 1.54) is 29.4 Å². The van der Waals surface area contributed by atoms with E-state index >= 15 is 0 Å². The van der Waals surface area contributed by atoms with Crippen molar-refractivity contribution in [1.29, 1.82) is 0 Å². The smallest absolute Gasteiger partial charge is 0.311 e. The van der Waals surface area contributed by atoms with E-state index in [1.807, 2.05) is 6.08 Å². The monoisotopic (exact) mass is 496 g/mol. The first-order valence-corrected chi connectivity index (χ1v) is 13.9. The van der Waals surface area contributed by atoms with Crippen LogP contribution in [0.1, 0.15) is 76.8 Å². The lowest BCUT2D eigenvalue weighted by molar-refractivity contribution is -0.176. The molecule has 2 saturated carbocycles. The second-order valence-electron chi connectivity index (χ2n) is 12.1. The van der Waals surface area contributed by atoms with Crippen LogP contribution in [0.4, 0.5) is 0 Å². The molecule has 0 aromatic heterocycles. The van der Waals surface area contributed by atoms with Crippen molar-refractivity contribution in [3.05, 3.63) is 89.5 Å². The molecule has 2 aromatic rings. The van der Waals surface area contributed by atoms with Crippen LogP contribution in [0.25, 0.3) is 5.57 Å². The van der Waals surface area contributed by atoms with Gasteiger partial charge in [-0.25, -0.2) is 0 Å². The van der Waals surface area contributed by atoms with Crippen molar-refractivity contribution in [3.63, 3.8) is 0 Å². The first kappa shape index (κ1) is 25.7. The molecule has 37 heavy (non-hydrogen) atoms. The lowest BCUT2D eigenvalue weighted by Crippen LogP contribution is -2.59. The summed E-state index contributed by atoms with van der Waals surface area (Å²) in [6.07, 6.45) is 10.9. The Kier molecular flexibility index (Phi) is 6.77. The lowest BCUT2D eigenvalue weighted by Gasteiger charge is -2.64. The molecule has 1 unspecified atom stereocenters. The van der Waals surface area contributed by atoms with Crippen molar-refractivity contribution < 1.29 is 14.3 Å². The van der Waals surface area contributed by atoms with E-state index in [0.29, 0.717) is 0 Å². The molecule has 0 aliphatic heterocycles. The van der Waals surface area contributed by atoms with Gasteiger partial charge in [0.25, 0.3) is 0 Å². The number of esters is 1. The lowest BCUT2D eigenvalue weighted by atomic mass is 9.39. The summed E-state index contributed by atoms with van der Waals surface area (Å²) in [6, 6.07) is 21.2. The zero-order chi connectivity index (χ0) is 26.3. The summed E-state index contributed by atoms with van der Waals surface area (Å²) in [4.78, 5) is 26.2. The maximum atomic E-state index is 13.2. The Morgan fingerprint density at radius 3 is 2.22 bits per heavy atom. The molecule has 3 aliphatic carbocycles. The molecule has 3 aliphatic rings. The number of methoxy groups -OCH3 is 1. The number of carbonyl (C=O) groups is 2. The van der Waals surface area contributed by atoms with Crippen molar-refractivity contribution in [3.8, 4) is 0 Å². The van der Waals surface area contributed by atoms with Crippen LogP contribution in [0.15, 0.2) is 78.4 Å². The van der Waals surface area contributed by atoms with Gasteiger partial charge in [-0.3, -0.25) is 9.59 Å². The molecule has 0 saturated heterocycles. The number of hydrogen-bond donors (Lipinski definition) is 0. The second kappa shape index (κ2) is 9.74. The van der Waals surface area contributed by atoms with Crippen LogP contribution in [0, 0.1) is 28.1 Å². The molecule has 5 atom stereocenters. The number of benzene rings is 2. The quantitative estimate of drug-likeness (QED) is 0.397. The predicted octanol–water partition coefficient (Wildman–Crippen LogP) is 7.81. The molecule has 0 heterocycles. The molecule has 0 N–H and O–H groups in total. The van der Waals surface area contributed by atoms with Gasteiger partial charge >= 0.3 is 5.97 Å². The Balaban J connectivity index is 1.66. The minimum atomic E-state index is -0.490. The maximum Gasteiger partial charge on any atom is 0.311 e. The summed E-state index contributed by atoms with van der Waals surface area (Å²) in [5.41, 5.74) is 4.20. The average Bonchev–Trinajstić information content (AvgIpc) is 2.91. The third-order valence-corrected chi connectivity index (χ3v) is 10.3.